The van der Waals surface area contributed by atoms with Crippen LogP contribution in [-0.4, -0.2) is 26.3 Å². The molecule has 0 fully saturated rings. The molecule has 0 saturated heterocycles. The maximum atomic E-state index is 12.8. The van der Waals surface area contributed by atoms with Crippen molar-refractivity contribution in [2.75, 3.05) is 16.5 Å². The zero-order chi connectivity index (χ0) is 21.3. The molecular formula is C23H24N4O2S. The first-order valence-electron chi connectivity index (χ1n) is 9.85. The SMILES string of the molecule is CC(C)c1cccc(NC(=O)c2cccc(N3Cc4cnc(S(C)=O)nc4C3)c2)c1. The van der Waals surface area contributed by atoms with Gasteiger partial charge in [0.2, 0.25) is 5.16 Å². The van der Waals surface area contributed by atoms with Crippen LogP contribution in [0.1, 0.15) is 46.9 Å². The van der Waals surface area contributed by atoms with E-state index in [1.165, 1.54) is 5.56 Å². The molecule has 4 rings (SSSR count). The molecule has 1 amide bonds. The number of nitrogens with one attached hydrogen (secondary N) is 1. The molecule has 6 nitrogen and oxygen atoms in total. The average molecular weight is 421 g/mol. The fourth-order valence-corrected chi connectivity index (χ4v) is 3.92. The number of hydrogen-bond acceptors (Lipinski definition) is 5. The summed E-state index contributed by atoms with van der Waals surface area (Å²) in [6.07, 6.45) is 3.32. The molecule has 154 valence electrons. The molecule has 1 aromatic heterocycles. The van der Waals surface area contributed by atoms with Crippen LogP contribution in [0.5, 0.6) is 0 Å². The molecule has 2 heterocycles. The molecule has 1 N–H and O–H groups in total. The van der Waals surface area contributed by atoms with Gasteiger partial charge in [0.1, 0.15) is 0 Å². The summed E-state index contributed by atoms with van der Waals surface area (Å²) in [5, 5.41) is 3.35. The van der Waals surface area contributed by atoms with E-state index < -0.39 is 10.8 Å². The van der Waals surface area contributed by atoms with Gasteiger partial charge in [0, 0.05) is 41.5 Å². The fourth-order valence-electron chi connectivity index (χ4n) is 3.48. The van der Waals surface area contributed by atoms with Crippen molar-refractivity contribution in [2.24, 2.45) is 0 Å². The normalized spacial score (nSPS) is 13.9. The van der Waals surface area contributed by atoms with Crippen LogP contribution in [-0.2, 0) is 23.9 Å². The maximum Gasteiger partial charge on any atom is 0.255 e. The largest absolute Gasteiger partial charge is 0.361 e. The topological polar surface area (TPSA) is 75.2 Å². The predicted octanol–water partition coefficient (Wildman–Crippen LogP) is 4.11. The van der Waals surface area contributed by atoms with E-state index in [0.29, 0.717) is 29.7 Å². The van der Waals surface area contributed by atoms with E-state index in [4.69, 9.17) is 0 Å². The fraction of sp³-hybridized carbons (Fsp3) is 0.261. The summed E-state index contributed by atoms with van der Waals surface area (Å²) in [4.78, 5) is 23.6. The molecule has 1 unspecified atom stereocenters. The Bertz CT molecular complexity index is 1130. The molecule has 0 bridgehead atoms. The van der Waals surface area contributed by atoms with Gasteiger partial charge in [-0.05, 0) is 41.8 Å². The summed E-state index contributed by atoms with van der Waals surface area (Å²) >= 11 is 0. The highest BCUT2D eigenvalue weighted by atomic mass is 32.2. The number of rotatable bonds is 5. The molecule has 2 aromatic carbocycles. The highest BCUT2D eigenvalue weighted by Gasteiger charge is 2.23. The third kappa shape index (κ3) is 4.26. The minimum Gasteiger partial charge on any atom is -0.361 e. The average Bonchev–Trinajstić information content (AvgIpc) is 3.17. The third-order valence-electron chi connectivity index (χ3n) is 5.18. The van der Waals surface area contributed by atoms with Crippen LogP contribution in [0.3, 0.4) is 0 Å². The van der Waals surface area contributed by atoms with Crippen LogP contribution in [0.25, 0.3) is 0 Å². The van der Waals surface area contributed by atoms with Gasteiger partial charge in [-0.2, -0.15) is 0 Å². The highest BCUT2D eigenvalue weighted by Crippen LogP contribution is 2.28. The van der Waals surface area contributed by atoms with Gasteiger partial charge in [0.05, 0.1) is 23.0 Å². The quantitative estimate of drug-likeness (QED) is 0.629. The molecule has 3 aromatic rings. The number of amides is 1. The first-order chi connectivity index (χ1) is 14.4. The number of carbonyl (C=O) groups is 1. The monoisotopic (exact) mass is 420 g/mol. The van der Waals surface area contributed by atoms with E-state index in [2.05, 4.69) is 40.1 Å². The zero-order valence-electron chi connectivity index (χ0n) is 17.3. The lowest BCUT2D eigenvalue weighted by molar-refractivity contribution is 0.102. The molecule has 0 radical (unpaired) electrons. The Morgan fingerprint density at radius 1 is 1.13 bits per heavy atom. The Hall–Kier alpha value is -3.06. The molecule has 1 aliphatic rings. The summed E-state index contributed by atoms with van der Waals surface area (Å²) < 4.78 is 11.7. The Morgan fingerprint density at radius 3 is 2.70 bits per heavy atom. The number of benzene rings is 2. The highest BCUT2D eigenvalue weighted by molar-refractivity contribution is 7.84. The number of fused-ring (bicyclic) bond motifs is 1. The summed E-state index contributed by atoms with van der Waals surface area (Å²) in [6.45, 7) is 5.52. The van der Waals surface area contributed by atoms with Crippen LogP contribution < -0.4 is 10.2 Å². The Kier molecular flexibility index (Phi) is 5.63. The van der Waals surface area contributed by atoms with Crippen molar-refractivity contribution in [3.8, 4) is 0 Å². The smallest absolute Gasteiger partial charge is 0.255 e. The van der Waals surface area contributed by atoms with E-state index in [9.17, 15) is 9.00 Å². The summed E-state index contributed by atoms with van der Waals surface area (Å²) in [5.41, 5.74) is 5.42. The summed E-state index contributed by atoms with van der Waals surface area (Å²) in [6, 6.07) is 15.5. The van der Waals surface area contributed by atoms with Crippen LogP contribution in [0.2, 0.25) is 0 Å². The van der Waals surface area contributed by atoms with Gasteiger partial charge in [0.25, 0.3) is 5.91 Å². The molecule has 0 saturated carbocycles. The lowest BCUT2D eigenvalue weighted by Gasteiger charge is -2.18. The molecule has 30 heavy (non-hydrogen) atoms. The van der Waals surface area contributed by atoms with Gasteiger partial charge in [-0.1, -0.05) is 32.0 Å². The maximum absolute atomic E-state index is 12.8. The summed E-state index contributed by atoms with van der Waals surface area (Å²) in [5.74, 6) is 0.258. The number of hydrogen-bond donors (Lipinski definition) is 1. The number of anilines is 2. The van der Waals surface area contributed by atoms with E-state index in [1.54, 1.807) is 12.5 Å². The number of nitrogens with zero attached hydrogens (tertiary/aromatic N) is 3. The van der Waals surface area contributed by atoms with Crippen LogP contribution in [0.4, 0.5) is 11.4 Å². The van der Waals surface area contributed by atoms with Crippen LogP contribution >= 0.6 is 0 Å². The number of carbonyl (C=O) groups excluding carboxylic acids is 1. The van der Waals surface area contributed by atoms with Crippen molar-refractivity contribution in [3.63, 3.8) is 0 Å². The van der Waals surface area contributed by atoms with Crippen molar-refractivity contribution in [2.45, 2.75) is 38.0 Å². The van der Waals surface area contributed by atoms with Crippen molar-refractivity contribution in [3.05, 3.63) is 77.1 Å². The molecule has 1 aliphatic heterocycles. The lowest BCUT2D eigenvalue weighted by atomic mass is 10.0. The van der Waals surface area contributed by atoms with E-state index in [-0.39, 0.29) is 5.91 Å². The standard InChI is InChI=1S/C23H24N4O2S/c1-15(2)16-6-4-8-19(10-16)25-22(28)17-7-5-9-20(11-17)27-13-18-12-24-23(30(3)29)26-21(18)14-27/h4-12,15H,13-14H2,1-3H3,(H,25,28). The molecular weight excluding hydrogens is 396 g/mol. The Balaban J connectivity index is 1.51. The number of aromatic nitrogens is 2. The second-order valence-electron chi connectivity index (χ2n) is 7.72. The van der Waals surface area contributed by atoms with E-state index in [0.717, 1.165) is 22.6 Å². The minimum atomic E-state index is -1.20. The summed E-state index contributed by atoms with van der Waals surface area (Å²) in [7, 11) is -1.20. The molecule has 0 spiro atoms. The predicted molar refractivity (Wildman–Crippen MR) is 119 cm³/mol. The lowest BCUT2D eigenvalue weighted by Crippen LogP contribution is -2.17. The van der Waals surface area contributed by atoms with Crippen molar-refractivity contribution < 1.29 is 9.00 Å². The Morgan fingerprint density at radius 2 is 1.93 bits per heavy atom. The van der Waals surface area contributed by atoms with Gasteiger partial charge in [-0.3, -0.25) is 9.00 Å². The third-order valence-corrected chi connectivity index (χ3v) is 5.89. The Labute approximate surface area is 178 Å². The first kappa shape index (κ1) is 20.2. The van der Waals surface area contributed by atoms with E-state index >= 15 is 0 Å². The van der Waals surface area contributed by atoms with Crippen molar-refractivity contribution >= 4 is 28.1 Å². The minimum absolute atomic E-state index is 0.141. The molecule has 7 heteroatoms. The molecule has 0 aliphatic carbocycles. The van der Waals surface area contributed by atoms with Gasteiger partial charge < -0.3 is 10.2 Å². The van der Waals surface area contributed by atoms with Crippen molar-refractivity contribution in [1.29, 1.82) is 0 Å². The first-order valence-corrected chi connectivity index (χ1v) is 11.4. The zero-order valence-corrected chi connectivity index (χ0v) is 18.1. The van der Waals surface area contributed by atoms with Gasteiger partial charge in [-0.15, -0.1) is 0 Å². The van der Waals surface area contributed by atoms with Crippen molar-refractivity contribution in [1.82, 2.24) is 9.97 Å². The van der Waals surface area contributed by atoms with Crippen LogP contribution in [0, 0.1) is 0 Å². The van der Waals surface area contributed by atoms with Gasteiger partial charge >= 0.3 is 0 Å². The van der Waals surface area contributed by atoms with E-state index in [1.807, 2.05) is 42.5 Å². The van der Waals surface area contributed by atoms with Gasteiger partial charge in [0.15, 0.2) is 0 Å². The van der Waals surface area contributed by atoms with Gasteiger partial charge in [-0.25, -0.2) is 9.97 Å². The molecule has 1 atom stereocenters. The van der Waals surface area contributed by atoms with Crippen LogP contribution in [0.15, 0.2) is 59.9 Å². The second-order valence-corrected chi connectivity index (χ2v) is 8.99. The second kappa shape index (κ2) is 8.36.